The fourth-order valence-electron chi connectivity index (χ4n) is 2.43. The van der Waals surface area contributed by atoms with Gasteiger partial charge in [0.1, 0.15) is 5.69 Å². The third-order valence-electron chi connectivity index (χ3n) is 3.53. The van der Waals surface area contributed by atoms with E-state index in [4.69, 9.17) is 9.47 Å². The van der Waals surface area contributed by atoms with Gasteiger partial charge in [-0.15, -0.1) is 11.3 Å². The van der Waals surface area contributed by atoms with Crippen molar-refractivity contribution in [1.29, 1.82) is 0 Å². The van der Waals surface area contributed by atoms with Crippen molar-refractivity contribution in [1.82, 2.24) is 15.0 Å². The molecule has 1 aromatic carbocycles. The monoisotopic (exact) mass is 354 g/mol. The van der Waals surface area contributed by atoms with Crippen molar-refractivity contribution >= 4 is 43.2 Å². The zero-order valence-corrected chi connectivity index (χ0v) is 13.9. The van der Waals surface area contributed by atoms with Crippen LogP contribution in [0.1, 0.15) is 0 Å². The highest BCUT2D eigenvalue weighted by Crippen LogP contribution is 2.39. The van der Waals surface area contributed by atoms with Gasteiger partial charge in [0.05, 0.1) is 15.9 Å². The highest BCUT2D eigenvalue weighted by Gasteiger charge is 2.17. The molecule has 1 aliphatic rings. The van der Waals surface area contributed by atoms with Gasteiger partial charge in [0, 0.05) is 23.7 Å². The summed E-state index contributed by atoms with van der Waals surface area (Å²) < 4.78 is 11.8. The van der Waals surface area contributed by atoms with E-state index in [-0.39, 0.29) is 6.79 Å². The molecule has 8 heteroatoms. The Labute approximate surface area is 144 Å². The quantitative estimate of drug-likeness (QED) is 0.592. The van der Waals surface area contributed by atoms with E-state index in [0.29, 0.717) is 0 Å². The Kier molecular flexibility index (Phi) is 3.10. The number of thiazole rings is 2. The number of hydrogen-bond acceptors (Lipinski definition) is 8. The van der Waals surface area contributed by atoms with Crippen LogP contribution in [0.3, 0.4) is 0 Å². The molecule has 5 rings (SSSR count). The van der Waals surface area contributed by atoms with Crippen molar-refractivity contribution < 1.29 is 9.47 Å². The van der Waals surface area contributed by atoms with E-state index < -0.39 is 0 Å². The SMILES string of the molecule is c1ccc(-c2csc(Nc3nc4cc5c(cc4s3)OCO5)n2)nc1. The Balaban J connectivity index is 1.44. The Morgan fingerprint density at radius 1 is 1.00 bits per heavy atom. The molecule has 3 aromatic heterocycles. The molecule has 0 unspecified atom stereocenters. The molecule has 0 spiro atoms. The van der Waals surface area contributed by atoms with Crippen LogP contribution < -0.4 is 14.8 Å². The first-order valence-electron chi connectivity index (χ1n) is 7.19. The Morgan fingerprint density at radius 2 is 1.92 bits per heavy atom. The first kappa shape index (κ1) is 13.7. The van der Waals surface area contributed by atoms with Gasteiger partial charge in [0.25, 0.3) is 0 Å². The lowest BCUT2D eigenvalue weighted by molar-refractivity contribution is 0.174. The van der Waals surface area contributed by atoms with E-state index >= 15 is 0 Å². The molecule has 118 valence electrons. The maximum absolute atomic E-state index is 5.41. The largest absolute Gasteiger partial charge is 0.454 e. The van der Waals surface area contributed by atoms with Crippen LogP contribution in [0.5, 0.6) is 11.5 Å². The number of nitrogens with one attached hydrogen (secondary N) is 1. The maximum atomic E-state index is 5.41. The lowest BCUT2D eigenvalue weighted by Gasteiger charge is -1.96. The zero-order valence-electron chi connectivity index (χ0n) is 12.2. The highest BCUT2D eigenvalue weighted by atomic mass is 32.1. The first-order valence-corrected chi connectivity index (χ1v) is 8.89. The molecule has 1 N–H and O–H groups in total. The summed E-state index contributed by atoms with van der Waals surface area (Å²) in [6.45, 7) is 0.271. The van der Waals surface area contributed by atoms with E-state index in [0.717, 1.165) is 43.4 Å². The molecule has 24 heavy (non-hydrogen) atoms. The third kappa shape index (κ3) is 2.36. The molecule has 0 aliphatic carbocycles. The number of nitrogens with zero attached hydrogens (tertiary/aromatic N) is 3. The lowest BCUT2D eigenvalue weighted by atomic mass is 10.3. The van der Waals surface area contributed by atoms with Gasteiger partial charge in [0.15, 0.2) is 21.8 Å². The number of fused-ring (bicyclic) bond motifs is 2. The van der Waals surface area contributed by atoms with Crippen molar-refractivity contribution in [3.8, 4) is 22.9 Å². The fraction of sp³-hybridized carbons (Fsp3) is 0.0625. The van der Waals surface area contributed by atoms with Crippen molar-refractivity contribution in [2.75, 3.05) is 12.1 Å². The van der Waals surface area contributed by atoms with Crippen LogP contribution in [0.25, 0.3) is 21.6 Å². The second-order valence-corrected chi connectivity index (χ2v) is 6.96. The number of ether oxygens (including phenoxy) is 2. The summed E-state index contributed by atoms with van der Waals surface area (Å²) in [6, 6.07) is 9.65. The van der Waals surface area contributed by atoms with E-state index in [1.807, 2.05) is 35.7 Å². The van der Waals surface area contributed by atoms with Crippen LogP contribution in [0, 0.1) is 0 Å². The Hall–Kier alpha value is -2.71. The van der Waals surface area contributed by atoms with Crippen LogP contribution >= 0.6 is 22.7 Å². The maximum Gasteiger partial charge on any atom is 0.231 e. The van der Waals surface area contributed by atoms with E-state index in [1.54, 1.807) is 17.5 Å². The van der Waals surface area contributed by atoms with Crippen molar-refractivity contribution in [3.63, 3.8) is 0 Å². The van der Waals surface area contributed by atoms with E-state index in [2.05, 4.69) is 20.3 Å². The molecule has 1 aliphatic heterocycles. The molecule has 0 bridgehead atoms. The lowest BCUT2D eigenvalue weighted by Crippen LogP contribution is -1.92. The molecule has 6 nitrogen and oxygen atoms in total. The first-order chi connectivity index (χ1) is 11.8. The minimum atomic E-state index is 0.271. The minimum Gasteiger partial charge on any atom is -0.454 e. The number of aromatic nitrogens is 3. The predicted octanol–water partition coefficient (Wildman–Crippen LogP) is 4.29. The van der Waals surface area contributed by atoms with Crippen LogP contribution in [0.4, 0.5) is 10.3 Å². The van der Waals surface area contributed by atoms with Gasteiger partial charge >= 0.3 is 0 Å². The smallest absolute Gasteiger partial charge is 0.231 e. The summed E-state index contributed by atoms with van der Waals surface area (Å²) >= 11 is 3.08. The molecule has 4 aromatic rings. The molecule has 0 saturated heterocycles. The van der Waals surface area contributed by atoms with E-state index in [9.17, 15) is 0 Å². The standard InChI is InChI=1S/C16H10N4O2S2/c1-2-4-17-9(3-1)11-7-23-15(19-11)20-16-18-10-5-12-13(22-8-21-12)6-14(10)24-16/h1-7H,8H2,(H,18,19,20). The average molecular weight is 354 g/mol. The van der Waals surface area contributed by atoms with Gasteiger partial charge in [-0.3, -0.25) is 4.98 Å². The Morgan fingerprint density at radius 3 is 2.79 bits per heavy atom. The van der Waals surface area contributed by atoms with Gasteiger partial charge in [-0.1, -0.05) is 17.4 Å². The summed E-state index contributed by atoms with van der Waals surface area (Å²) in [4.78, 5) is 13.5. The van der Waals surface area contributed by atoms with Crippen molar-refractivity contribution in [3.05, 3.63) is 41.9 Å². The molecule has 0 amide bonds. The van der Waals surface area contributed by atoms with Gasteiger partial charge < -0.3 is 14.8 Å². The van der Waals surface area contributed by atoms with Crippen LogP contribution in [0.15, 0.2) is 41.9 Å². The number of hydrogen-bond donors (Lipinski definition) is 1. The van der Waals surface area contributed by atoms with E-state index in [1.165, 1.54) is 11.3 Å². The normalized spacial score (nSPS) is 12.7. The van der Waals surface area contributed by atoms with Gasteiger partial charge in [-0.25, -0.2) is 9.97 Å². The minimum absolute atomic E-state index is 0.271. The number of anilines is 2. The predicted molar refractivity (Wildman–Crippen MR) is 94.4 cm³/mol. The highest BCUT2D eigenvalue weighted by molar-refractivity contribution is 7.22. The summed E-state index contributed by atoms with van der Waals surface area (Å²) in [5.41, 5.74) is 2.59. The third-order valence-corrected chi connectivity index (χ3v) is 5.22. The summed E-state index contributed by atoms with van der Waals surface area (Å²) in [6.07, 6.45) is 1.76. The molecule has 0 fully saturated rings. The average Bonchev–Trinajstić information content (AvgIpc) is 3.32. The van der Waals surface area contributed by atoms with Gasteiger partial charge in [-0.2, -0.15) is 0 Å². The Bertz CT molecular complexity index is 988. The molecule has 0 saturated carbocycles. The zero-order chi connectivity index (χ0) is 15.9. The van der Waals surface area contributed by atoms with Crippen molar-refractivity contribution in [2.24, 2.45) is 0 Å². The topological polar surface area (TPSA) is 69.2 Å². The molecular weight excluding hydrogens is 344 g/mol. The summed E-state index contributed by atoms with van der Waals surface area (Å²) in [7, 11) is 0. The molecule has 4 heterocycles. The van der Waals surface area contributed by atoms with Crippen LogP contribution in [-0.4, -0.2) is 21.7 Å². The van der Waals surface area contributed by atoms with Crippen LogP contribution in [0.2, 0.25) is 0 Å². The summed E-state index contributed by atoms with van der Waals surface area (Å²) in [5, 5.41) is 6.82. The summed E-state index contributed by atoms with van der Waals surface area (Å²) in [5.74, 6) is 1.51. The molecular formula is C16H10N4O2S2. The second-order valence-electron chi connectivity index (χ2n) is 5.07. The second kappa shape index (κ2) is 5.43. The number of pyridine rings is 1. The number of benzene rings is 1. The van der Waals surface area contributed by atoms with Gasteiger partial charge in [0.2, 0.25) is 6.79 Å². The van der Waals surface area contributed by atoms with Crippen LogP contribution in [-0.2, 0) is 0 Å². The molecule has 0 radical (unpaired) electrons. The van der Waals surface area contributed by atoms with Crippen molar-refractivity contribution in [2.45, 2.75) is 0 Å². The van der Waals surface area contributed by atoms with Gasteiger partial charge in [-0.05, 0) is 12.1 Å². The molecule has 0 atom stereocenters. The fourth-order valence-corrected chi connectivity index (χ4v) is 4.07. The number of rotatable bonds is 3.